The van der Waals surface area contributed by atoms with Gasteiger partial charge in [-0.05, 0) is 54.6 Å². The molecule has 0 bridgehead atoms. The molecule has 9 heteroatoms. The van der Waals surface area contributed by atoms with Gasteiger partial charge >= 0.3 is 5.97 Å². The Kier molecular flexibility index (Phi) is 8.40. The topological polar surface area (TPSA) is 101 Å². The molecule has 0 saturated heterocycles. The average Bonchev–Trinajstić information content (AvgIpc) is 3.39. The second kappa shape index (κ2) is 12.3. The lowest BCUT2D eigenvalue weighted by Gasteiger charge is -2.10. The second-order valence-corrected chi connectivity index (χ2v) is 8.00. The lowest BCUT2D eigenvalue weighted by molar-refractivity contribution is -0.142. The van der Waals surface area contributed by atoms with Crippen LogP contribution in [0.2, 0.25) is 0 Å². The highest BCUT2D eigenvalue weighted by molar-refractivity contribution is 5.95. The lowest BCUT2D eigenvalue weighted by Crippen LogP contribution is -2.20. The molecule has 1 heterocycles. The van der Waals surface area contributed by atoms with Gasteiger partial charge in [0, 0.05) is 35.2 Å². The molecule has 4 rings (SSSR count). The van der Waals surface area contributed by atoms with Crippen LogP contribution in [0, 0.1) is 0 Å². The Morgan fingerprint density at radius 3 is 2.32 bits per heavy atom. The van der Waals surface area contributed by atoms with Gasteiger partial charge in [-0.2, -0.15) is 5.10 Å². The van der Waals surface area contributed by atoms with Gasteiger partial charge in [0.25, 0.3) is 5.91 Å². The van der Waals surface area contributed by atoms with Crippen LogP contribution in [0.1, 0.15) is 5.56 Å². The van der Waals surface area contributed by atoms with Gasteiger partial charge in [0.1, 0.15) is 5.75 Å². The van der Waals surface area contributed by atoms with Crippen LogP contribution in [0.5, 0.6) is 17.2 Å². The van der Waals surface area contributed by atoms with Gasteiger partial charge in [-0.15, -0.1) is 0 Å². The SMILES string of the molecule is COc1ccc(-c2nn(-c3ccccc3)cc2/C=C/C(=O)OCC(=O)Nc2ccc(OC)c(OC)c2)cc1. The largest absolute Gasteiger partial charge is 0.497 e. The zero-order valence-corrected chi connectivity index (χ0v) is 21.2. The summed E-state index contributed by atoms with van der Waals surface area (Å²) >= 11 is 0. The molecule has 3 aromatic carbocycles. The minimum atomic E-state index is -0.666. The fourth-order valence-corrected chi connectivity index (χ4v) is 3.65. The number of aromatic nitrogens is 2. The van der Waals surface area contributed by atoms with Crippen molar-refractivity contribution in [2.45, 2.75) is 0 Å². The number of hydrogen-bond acceptors (Lipinski definition) is 7. The first-order chi connectivity index (χ1) is 18.5. The maximum atomic E-state index is 12.4. The highest BCUT2D eigenvalue weighted by Crippen LogP contribution is 2.30. The van der Waals surface area contributed by atoms with Crippen molar-refractivity contribution in [2.75, 3.05) is 33.3 Å². The molecule has 0 spiro atoms. The Hall–Kier alpha value is -5.05. The minimum absolute atomic E-state index is 0.452. The third kappa shape index (κ3) is 6.38. The number of amides is 1. The molecule has 0 aliphatic heterocycles. The van der Waals surface area contributed by atoms with Gasteiger partial charge in [-0.1, -0.05) is 18.2 Å². The molecule has 1 N–H and O–H groups in total. The number of anilines is 1. The molecule has 0 fully saturated rings. The van der Waals surface area contributed by atoms with Crippen molar-refractivity contribution in [1.29, 1.82) is 0 Å². The number of rotatable bonds is 10. The highest BCUT2D eigenvalue weighted by atomic mass is 16.5. The Labute approximate surface area is 220 Å². The summed E-state index contributed by atoms with van der Waals surface area (Å²) in [6.07, 6.45) is 4.70. The summed E-state index contributed by atoms with van der Waals surface area (Å²) in [5.74, 6) is 0.569. The maximum absolute atomic E-state index is 12.4. The summed E-state index contributed by atoms with van der Waals surface area (Å²) in [5.41, 5.74) is 3.58. The van der Waals surface area contributed by atoms with Gasteiger partial charge in [-0.25, -0.2) is 9.48 Å². The Morgan fingerprint density at radius 1 is 0.895 bits per heavy atom. The third-order valence-corrected chi connectivity index (χ3v) is 5.54. The first-order valence-electron chi connectivity index (χ1n) is 11.7. The van der Waals surface area contributed by atoms with Crippen LogP contribution >= 0.6 is 0 Å². The molecular formula is C29H27N3O6. The summed E-state index contributed by atoms with van der Waals surface area (Å²) in [6, 6.07) is 22.0. The van der Waals surface area contributed by atoms with Crippen molar-refractivity contribution in [3.63, 3.8) is 0 Å². The van der Waals surface area contributed by atoms with E-state index in [0.717, 1.165) is 17.0 Å². The normalized spacial score (nSPS) is 10.7. The number of nitrogens with zero attached hydrogens (tertiary/aromatic N) is 2. The number of esters is 1. The van der Waals surface area contributed by atoms with Gasteiger partial charge in [-0.3, -0.25) is 4.79 Å². The van der Waals surface area contributed by atoms with E-state index in [2.05, 4.69) is 5.32 Å². The number of para-hydroxylation sites is 1. The van der Waals surface area contributed by atoms with Crippen molar-refractivity contribution in [3.8, 4) is 34.2 Å². The van der Waals surface area contributed by atoms with Crippen LogP contribution in [0.3, 0.4) is 0 Å². The maximum Gasteiger partial charge on any atom is 0.331 e. The molecule has 0 aliphatic carbocycles. The summed E-state index contributed by atoms with van der Waals surface area (Å²) < 4.78 is 22.5. The second-order valence-electron chi connectivity index (χ2n) is 8.00. The zero-order chi connectivity index (χ0) is 26.9. The molecule has 0 saturated carbocycles. The summed E-state index contributed by atoms with van der Waals surface area (Å²) in [4.78, 5) is 24.7. The quantitative estimate of drug-likeness (QED) is 0.241. The van der Waals surface area contributed by atoms with E-state index in [9.17, 15) is 9.59 Å². The molecule has 0 radical (unpaired) electrons. The Balaban J connectivity index is 1.45. The predicted molar refractivity (Wildman–Crippen MR) is 144 cm³/mol. The van der Waals surface area contributed by atoms with E-state index in [1.54, 1.807) is 36.1 Å². The Bertz CT molecular complexity index is 1430. The number of methoxy groups -OCH3 is 3. The molecule has 9 nitrogen and oxygen atoms in total. The van der Waals surface area contributed by atoms with Crippen molar-refractivity contribution in [2.24, 2.45) is 0 Å². The van der Waals surface area contributed by atoms with E-state index in [4.69, 9.17) is 24.0 Å². The molecule has 0 aliphatic rings. The van der Waals surface area contributed by atoms with Crippen LogP contribution < -0.4 is 19.5 Å². The van der Waals surface area contributed by atoms with Gasteiger partial charge in [0.05, 0.1) is 32.7 Å². The fourth-order valence-electron chi connectivity index (χ4n) is 3.65. The van der Waals surface area contributed by atoms with Gasteiger partial charge in [0.15, 0.2) is 18.1 Å². The number of carbonyl (C=O) groups excluding carboxylic acids is 2. The minimum Gasteiger partial charge on any atom is -0.497 e. The van der Waals surface area contributed by atoms with Crippen molar-refractivity contribution >= 4 is 23.6 Å². The molecule has 194 valence electrons. The average molecular weight is 514 g/mol. The molecule has 4 aromatic rings. The summed E-state index contributed by atoms with van der Waals surface area (Å²) in [6.45, 7) is -0.452. The monoisotopic (exact) mass is 513 g/mol. The molecular weight excluding hydrogens is 486 g/mol. The predicted octanol–water partition coefficient (Wildman–Crippen LogP) is 4.76. The van der Waals surface area contributed by atoms with E-state index < -0.39 is 18.5 Å². The van der Waals surface area contributed by atoms with Gasteiger partial charge < -0.3 is 24.3 Å². The number of nitrogens with one attached hydrogen (secondary N) is 1. The standard InChI is InChI=1S/C29H27N3O6/c1-35-24-13-9-20(10-14-24)29-21(18-32(31-29)23-7-5-4-6-8-23)11-16-28(34)38-19-27(33)30-22-12-15-25(36-2)26(17-22)37-3/h4-18H,19H2,1-3H3,(H,30,33)/b16-11+. The van der Waals surface area contributed by atoms with Crippen LogP contribution in [0.4, 0.5) is 5.69 Å². The first kappa shape index (κ1) is 26.0. The molecule has 38 heavy (non-hydrogen) atoms. The van der Waals surface area contributed by atoms with Crippen LogP contribution in [0.15, 0.2) is 85.1 Å². The molecule has 0 atom stereocenters. The van der Waals surface area contributed by atoms with Crippen LogP contribution in [-0.2, 0) is 14.3 Å². The first-order valence-corrected chi connectivity index (χ1v) is 11.7. The van der Waals surface area contributed by atoms with E-state index in [1.807, 2.05) is 60.8 Å². The Morgan fingerprint density at radius 2 is 1.63 bits per heavy atom. The molecule has 1 amide bonds. The summed E-state index contributed by atoms with van der Waals surface area (Å²) in [7, 11) is 4.63. The third-order valence-electron chi connectivity index (χ3n) is 5.54. The smallest absolute Gasteiger partial charge is 0.331 e. The summed E-state index contributed by atoms with van der Waals surface area (Å²) in [5, 5.41) is 7.38. The van der Waals surface area contributed by atoms with Crippen molar-refractivity contribution < 1.29 is 28.5 Å². The van der Waals surface area contributed by atoms with E-state index in [-0.39, 0.29) is 0 Å². The number of benzene rings is 3. The zero-order valence-electron chi connectivity index (χ0n) is 21.2. The van der Waals surface area contributed by atoms with E-state index >= 15 is 0 Å². The van der Waals surface area contributed by atoms with Crippen LogP contribution in [-0.4, -0.2) is 49.6 Å². The number of ether oxygens (including phenoxy) is 4. The number of carbonyl (C=O) groups is 2. The molecule has 0 unspecified atom stereocenters. The van der Waals surface area contributed by atoms with E-state index in [0.29, 0.717) is 28.4 Å². The van der Waals surface area contributed by atoms with Gasteiger partial charge in [0.2, 0.25) is 0 Å². The van der Waals surface area contributed by atoms with E-state index in [1.165, 1.54) is 20.3 Å². The fraction of sp³-hybridized carbons (Fsp3) is 0.138. The van der Waals surface area contributed by atoms with Crippen molar-refractivity contribution in [1.82, 2.24) is 9.78 Å². The van der Waals surface area contributed by atoms with Crippen LogP contribution in [0.25, 0.3) is 23.0 Å². The number of hydrogen-bond donors (Lipinski definition) is 1. The lowest BCUT2D eigenvalue weighted by atomic mass is 10.1. The molecule has 1 aromatic heterocycles. The highest BCUT2D eigenvalue weighted by Gasteiger charge is 2.13. The van der Waals surface area contributed by atoms with Crippen molar-refractivity contribution in [3.05, 3.63) is 90.6 Å².